The SMILES string of the molecule is CCN(CC)CCN1C(=O)C(=O)C(=C(O)c2ccc(OCc3ccccc3)cc2C)[C@H]1c1ccc(Cl)c(Cl)c1. The van der Waals surface area contributed by atoms with E-state index in [0.717, 1.165) is 18.7 Å². The third kappa shape index (κ3) is 6.30. The van der Waals surface area contributed by atoms with Crippen LogP contribution >= 0.6 is 23.2 Å². The molecule has 0 spiro atoms. The Kier molecular flexibility index (Phi) is 9.33. The number of aliphatic hydroxyl groups excluding tert-OH is 1. The summed E-state index contributed by atoms with van der Waals surface area (Å²) in [5.41, 5.74) is 2.83. The van der Waals surface area contributed by atoms with Crippen LogP contribution in [0.2, 0.25) is 10.0 Å². The molecule has 1 atom stereocenters. The summed E-state index contributed by atoms with van der Waals surface area (Å²) in [6.45, 7) is 8.86. The van der Waals surface area contributed by atoms with E-state index in [1.807, 2.05) is 57.2 Å². The van der Waals surface area contributed by atoms with Crippen LogP contribution in [0.15, 0.2) is 72.3 Å². The molecule has 0 radical (unpaired) electrons. The Morgan fingerprint density at radius 1 is 0.974 bits per heavy atom. The number of halogens is 2. The third-order valence-corrected chi connectivity index (χ3v) is 7.79. The molecule has 1 heterocycles. The Labute approximate surface area is 239 Å². The van der Waals surface area contributed by atoms with Crippen molar-refractivity contribution < 1.29 is 19.4 Å². The van der Waals surface area contributed by atoms with Crippen LogP contribution in [0, 0.1) is 6.92 Å². The summed E-state index contributed by atoms with van der Waals surface area (Å²) >= 11 is 12.5. The lowest BCUT2D eigenvalue weighted by molar-refractivity contribution is -0.140. The number of hydrogen-bond acceptors (Lipinski definition) is 5. The molecule has 1 amide bonds. The number of carbonyl (C=O) groups excluding carboxylic acids is 2. The highest BCUT2D eigenvalue weighted by molar-refractivity contribution is 6.47. The number of nitrogens with zero attached hydrogens (tertiary/aromatic N) is 2. The van der Waals surface area contributed by atoms with Crippen LogP contribution in [0.4, 0.5) is 0 Å². The lowest BCUT2D eigenvalue weighted by atomic mass is 9.94. The maximum absolute atomic E-state index is 13.4. The van der Waals surface area contributed by atoms with E-state index >= 15 is 0 Å². The Morgan fingerprint density at radius 3 is 2.33 bits per heavy atom. The first-order valence-corrected chi connectivity index (χ1v) is 13.7. The second-order valence-corrected chi connectivity index (χ2v) is 10.3. The van der Waals surface area contributed by atoms with Crippen molar-refractivity contribution in [3.05, 3.63) is 105 Å². The molecule has 1 aliphatic rings. The van der Waals surface area contributed by atoms with E-state index in [4.69, 9.17) is 27.9 Å². The molecule has 0 aliphatic carbocycles. The van der Waals surface area contributed by atoms with E-state index in [0.29, 0.717) is 52.2 Å². The average Bonchev–Trinajstić information content (AvgIpc) is 3.19. The van der Waals surface area contributed by atoms with Gasteiger partial charge in [-0.05, 0) is 67.0 Å². The molecule has 1 saturated heterocycles. The largest absolute Gasteiger partial charge is 0.507 e. The fourth-order valence-electron chi connectivity index (χ4n) is 4.81. The van der Waals surface area contributed by atoms with Crippen LogP contribution in [0.1, 0.15) is 42.1 Å². The molecule has 6 nitrogen and oxygen atoms in total. The molecule has 0 saturated carbocycles. The third-order valence-electron chi connectivity index (χ3n) is 7.05. The van der Waals surface area contributed by atoms with Crippen molar-refractivity contribution in [1.82, 2.24) is 9.80 Å². The molecule has 1 N–H and O–H groups in total. The normalized spacial score (nSPS) is 16.8. The van der Waals surface area contributed by atoms with Crippen molar-refractivity contribution in [2.24, 2.45) is 0 Å². The molecule has 39 heavy (non-hydrogen) atoms. The number of ketones is 1. The number of likely N-dealkylation sites (tertiary alicyclic amines) is 1. The molecule has 8 heteroatoms. The number of carbonyl (C=O) groups is 2. The highest BCUT2D eigenvalue weighted by Gasteiger charge is 2.46. The fraction of sp³-hybridized carbons (Fsp3) is 0.290. The van der Waals surface area contributed by atoms with Gasteiger partial charge in [-0.3, -0.25) is 9.59 Å². The smallest absolute Gasteiger partial charge is 0.295 e. The number of Topliss-reactive ketones (excluding diaryl/α,β-unsaturated/α-hetero) is 1. The second-order valence-electron chi connectivity index (χ2n) is 9.44. The molecule has 0 aromatic heterocycles. The molecule has 204 valence electrons. The van der Waals surface area contributed by atoms with Gasteiger partial charge in [0.25, 0.3) is 11.7 Å². The Hall–Kier alpha value is -3.32. The highest BCUT2D eigenvalue weighted by atomic mass is 35.5. The first kappa shape index (κ1) is 28.7. The zero-order chi connectivity index (χ0) is 28.1. The van der Waals surface area contributed by atoms with Crippen LogP contribution in [-0.2, 0) is 16.2 Å². The van der Waals surface area contributed by atoms with E-state index in [2.05, 4.69) is 4.90 Å². The van der Waals surface area contributed by atoms with Crippen molar-refractivity contribution in [3.63, 3.8) is 0 Å². The van der Waals surface area contributed by atoms with Crippen LogP contribution in [0.3, 0.4) is 0 Å². The maximum atomic E-state index is 13.4. The van der Waals surface area contributed by atoms with Crippen molar-refractivity contribution >= 4 is 40.7 Å². The van der Waals surface area contributed by atoms with Crippen molar-refractivity contribution in [2.75, 3.05) is 26.2 Å². The predicted octanol–water partition coefficient (Wildman–Crippen LogP) is 6.64. The van der Waals surface area contributed by atoms with Gasteiger partial charge in [0.15, 0.2) is 0 Å². The molecular formula is C31H32Cl2N2O4. The number of amides is 1. The number of benzene rings is 3. The zero-order valence-corrected chi connectivity index (χ0v) is 23.8. The number of aliphatic hydroxyl groups is 1. The van der Waals surface area contributed by atoms with Gasteiger partial charge >= 0.3 is 0 Å². The number of hydrogen-bond donors (Lipinski definition) is 1. The standard InChI is InChI=1S/C31H32Cl2N2O4/c1-4-34(5-2)15-16-35-28(22-11-14-25(32)26(33)18-22)27(30(37)31(35)38)29(36)24-13-12-23(17-20(24)3)39-19-21-9-7-6-8-10-21/h6-14,17-18,28,36H,4-5,15-16,19H2,1-3H3/t28-/m1/s1. The molecule has 3 aromatic carbocycles. The molecule has 1 aliphatic heterocycles. The predicted molar refractivity (Wildman–Crippen MR) is 155 cm³/mol. The average molecular weight is 568 g/mol. The van der Waals surface area contributed by atoms with Gasteiger partial charge < -0.3 is 19.6 Å². The minimum atomic E-state index is -0.802. The van der Waals surface area contributed by atoms with E-state index in [-0.39, 0.29) is 11.3 Å². The first-order valence-electron chi connectivity index (χ1n) is 13.0. The van der Waals surface area contributed by atoms with Gasteiger partial charge in [-0.15, -0.1) is 0 Å². The van der Waals surface area contributed by atoms with Gasteiger partial charge in [0.05, 0.1) is 21.7 Å². The number of ether oxygens (including phenoxy) is 1. The van der Waals surface area contributed by atoms with Crippen LogP contribution in [0.5, 0.6) is 5.75 Å². The lowest BCUT2D eigenvalue weighted by Crippen LogP contribution is -2.38. The second kappa shape index (κ2) is 12.7. The molecular weight excluding hydrogens is 535 g/mol. The van der Waals surface area contributed by atoms with Gasteiger partial charge in [0.2, 0.25) is 0 Å². The number of likely N-dealkylation sites (N-methyl/N-ethyl adjacent to an activating group) is 1. The first-order chi connectivity index (χ1) is 18.7. The Morgan fingerprint density at radius 2 is 1.69 bits per heavy atom. The van der Waals surface area contributed by atoms with Crippen LogP contribution in [0.25, 0.3) is 5.76 Å². The number of aryl methyl sites for hydroxylation is 1. The van der Waals surface area contributed by atoms with Crippen LogP contribution in [-0.4, -0.2) is 52.8 Å². The molecule has 1 fully saturated rings. The summed E-state index contributed by atoms with van der Waals surface area (Å²) in [5.74, 6) is -0.984. The topological polar surface area (TPSA) is 70.1 Å². The van der Waals surface area contributed by atoms with Gasteiger partial charge in [-0.1, -0.05) is 73.4 Å². The maximum Gasteiger partial charge on any atom is 0.295 e. The van der Waals surface area contributed by atoms with Gasteiger partial charge in [-0.2, -0.15) is 0 Å². The quantitative estimate of drug-likeness (QED) is 0.169. The Balaban J connectivity index is 1.71. The fourth-order valence-corrected chi connectivity index (χ4v) is 5.11. The summed E-state index contributed by atoms with van der Waals surface area (Å²) in [6, 6.07) is 19.3. The lowest BCUT2D eigenvalue weighted by Gasteiger charge is -2.28. The number of rotatable bonds is 10. The summed E-state index contributed by atoms with van der Waals surface area (Å²) in [4.78, 5) is 30.3. The van der Waals surface area contributed by atoms with Gasteiger partial charge in [-0.25, -0.2) is 0 Å². The van der Waals surface area contributed by atoms with Gasteiger partial charge in [0, 0.05) is 18.7 Å². The minimum Gasteiger partial charge on any atom is -0.507 e. The van der Waals surface area contributed by atoms with E-state index in [1.54, 1.807) is 30.3 Å². The Bertz CT molecular complexity index is 1390. The van der Waals surface area contributed by atoms with E-state index in [1.165, 1.54) is 4.90 Å². The minimum absolute atomic E-state index is 0.0268. The van der Waals surface area contributed by atoms with Gasteiger partial charge in [0.1, 0.15) is 18.1 Å². The van der Waals surface area contributed by atoms with E-state index < -0.39 is 17.7 Å². The monoisotopic (exact) mass is 566 g/mol. The summed E-state index contributed by atoms with van der Waals surface area (Å²) < 4.78 is 5.92. The van der Waals surface area contributed by atoms with Crippen LogP contribution < -0.4 is 4.74 Å². The summed E-state index contributed by atoms with van der Waals surface area (Å²) in [7, 11) is 0. The molecule has 4 rings (SSSR count). The van der Waals surface area contributed by atoms with Crippen molar-refractivity contribution in [2.45, 2.75) is 33.4 Å². The van der Waals surface area contributed by atoms with Crippen molar-refractivity contribution in [3.8, 4) is 5.75 Å². The summed E-state index contributed by atoms with van der Waals surface area (Å²) in [6.07, 6.45) is 0. The zero-order valence-electron chi connectivity index (χ0n) is 22.3. The molecule has 0 unspecified atom stereocenters. The van der Waals surface area contributed by atoms with E-state index in [9.17, 15) is 14.7 Å². The molecule has 3 aromatic rings. The van der Waals surface area contributed by atoms with Crippen molar-refractivity contribution in [1.29, 1.82) is 0 Å². The highest BCUT2D eigenvalue weighted by Crippen LogP contribution is 2.41. The molecule has 0 bridgehead atoms. The summed E-state index contributed by atoms with van der Waals surface area (Å²) in [5, 5.41) is 12.2.